The van der Waals surface area contributed by atoms with Crippen LogP contribution in [0.4, 0.5) is 5.82 Å². The molecule has 0 amide bonds. The first-order valence-corrected chi connectivity index (χ1v) is 6.34. The fraction of sp³-hybridized carbons (Fsp3) is 0.214. The molecular weight excluding hydrogens is 238 g/mol. The Hall–Kier alpha value is -2.43. The lowest BCUT2D eigenvalue weighted by Gasteiger charge is -2.01. The number of aromatic nitrogens is 4. The monoisotopic (exact) mass is 253 g/mol. The molecule has 5 nitrogen and oxygen atoms in total. The van der Waals surface area contributed by atoms with E-state index in [9.17, 15) is 0 Å². The van der Waals surface area contributed by atoms with Crippen molar-refractivity contribution in [2.24, 2.45) is 0 Å². The Morgan fingerprint density at radius 2 is 1.95 bits per heavy atom. The van der Waals surface area contributed by atoms with Gasteiger partial charge in [0.25, 0.3) is 0 Å². The smallest absolute Gasteiger partial charge is 0.186 e. The van der Waals surface area contributed by atoms with Crippen LogP contribution in [-0.2, 0) is 6.54 Å². The van der Waals surface area contributed by atoms with Crippen molar-refractivity contribution in [3.8, 4) is 11.4 Å². The highest BCUT2D eigenvalue weighted by molar-refractivity contribution is 5.86. The van der Waals surface area contributed by atoms with Crippen molar-refractivity contribution in [1.82, 2.24) is 19.7 Å². The van der Waals surface area contributed by atoms with Crippen LogP contribution in [0, 0.1) is 0 Å². The number of benzene rings is 1. The number of hydrogen-bond acceptors (Lipinski definition) is 4. The number of nitrogens with zero attached hydrogens (tertiary/aromatic N) is 4. The van der Waals surface area contributed by atoms with Gasteiger partial charge in [-0.3, -0.25) is 4.68 Å². The van der Waals surface area contributed by atoms with E-state index < -0.39 is 0 Å². The quantitative estimate of drug-likeness (QED) is 0.778. The van der Waals surface area contributed by atoms with Gasteiger partial charge in [0.05, 0.1) is 5.39 Å². The molecule has 5 heteroatoms. The summed E-state index contributed by atoms with van der Waals surface area (Å²) in [5, 5.41) is 5.25. The average molecular weight is 253 g/mol. The minimum absolute atomic E-state index is 0.478. The van der Waals surface area contributed by atoms with E-state index in [1.807, 2.05) is 41.2 Å². The summed E-state index contributed by atoms with van der Waals surface area (Å²) in [5.74, 6) is 1.10. The molecule has 0 bridgehead atoms. The maximum atomic E-state index is 6.00. The van der Waals surface area contributed by atoms with E-state index in [1.165, 1.54) is 0 Å². The zero-order valence-corrected chi connectivity index (χ0v) is 10.7. The van der Waals surface area contributed by atoms with E-state index in [4.69, 9.17) is 5.73 Å². The molecule has 3 aromatic rings. The third-order valence-corrected chi connectivity index (χ3v) is 2.94. The summed E-state index contributed by atoms with van der Waals surface area (Å²) < 4.78 is 1.87. The second-order valence-electron chi connectivity index (χ2n) is 4.43. The van der Waals surface area contributed by atoms with Gasteiger partial charge < -0.3 is 5.73 Å². The molecule has 96 valence electrons. The van der Waals surface area contributed by atoms with Crippen LogP contribution in [-0.4, -0.2) is 19.7 Å². The first-order chi connectivity index (χ1) is 9.28. The molecule has 19 heavy (non-hydrogen) atoms. The van der Waals surface area contributed by atoms with E-state index in [0.717, 1.165) is 23.9 Å². The Labute approximate surface area is 111 Å². The Kier molecular flexibility index (Phi) is 2.87. The molecule has 0 saturated carbocycles. The maximum absolute atomic E-state index is 6.00. The van der Waals surface area contributed by atoms with Gasteiger partial charge in [0.1, 0.15) is 5.82 Å². The molecule has 0 spiro atoms. The third kappa shape index (κ3) is 2.14. The lowest BCUT2D eigenvalue weighted by Crippen LogP contribution is -1.97. The number of hydrogen-bond donors (Lipinski definition) is 1. The van der Waals surface area contributed by atoms with Crippen molar-refractivity contribution in [3.05, 3.63) is 36.5 Å². The average Bonchev–Trinajstić information content (AvgIpc) is 2.83. The molecule has 2 heterocycles. The van der Waals surface area contributed by atoms with Crippen molar-refractivity contribution >= 4 is 16.9 Å². The van der Waals surface area contributed by atoms with Gasteiger partial charge in [-0.2, -0.15) is 5.10 Å². The lowest BCUT2D eigenvalue weighted by molar-refractivity contribution is 0.607. The van der Waals surface area contributed by atoms with Gasteiger partial charge in [-0.1, -0.05) is 37.3 Å². The van der Waals surface area contributed by atoms with Crippen LogP contribution in [0.5, 0.6) is 0 Å². The summed E-state index contributed by atoms with van der Waals surface area (Å²) in [4.78, 5) is 8.84. The van der Waals surface area contributed by atoms with E-state index in [2.05, 4.69) is 22.0 Å². The van der Waals surface area contributed by atoms with E-state index in [0.29, 0.717) is 17.3 Å². The van der Waals surface area contributed by atoms with Gasteiger partial charge in [-0.05, 0) is 6.42 Å². The van der Waals surface area contributed by atoms with Crippen LogP contribution in [0.1, 0.15) is 13.3 Å². The number of nitrogen functional groups attached to an aromatic ring is 1. The van der Waals surface area contributed by atoms with E-state index >= 15 is 0 Å². The molecular formula is C14H15N5. The maximum Gasteiger partial charge on any atom is 0.186 e. The highest BCUT2D eigenvalue weighted by Gasteiger charge is 2.10. The number of nitrogens with two attached hydrogens (primary N) is 1. The topological polar surface area (TPSA) is 69.6 Å². The van der Waals surface area contributed by atoms with Gasteiger partial charge in [-0.15, -0.1) is 0 Å². The largest absolute Gasteiger partial charge is 0.383 e. The number of rotatable bonds is 3. The standard InChI is InChI=1S/C14H15N5/c1-2-8-19-9-11-12(15)16-13(17-14(11)18-19)10-6-4-3-5-7-10/h3-7,9H,2,8H2,1H3,(H2,15,16,17,18). The van der Waals surface area contributed by atoms with Crippen molar-refractivity contribution in [3.63, 3.8) is 0 Å². The molecule has 0 saturated heterocycles. The van der Waals surface area contributed by atoms with E-state index in [1.54, 1.807) is 0 Å². The zero-order chi connectivity index (χ0) is 13.2. The highest BCUT2D eigenvalue weighted by atomic mass is 15.3. The normalized spacial score (nSPS) is 11.0. The van der Waals surface area contributed by atoms with Gasteiger partial charge in [0, 0.05) is 18.3 Å². The van der Waals surface area contributed by atoms with Gasteiger partial charge >= 0.3 is 0 Å². The fourth-order valence-corrected chi connectivity index (χ4v) is 2.03. The molecule has 0 atom stereocenters. The summed E-state index contributed by atoms with van der Waals surface area (Å²) in [6.45, 7) is 2.97. The van der Waals surface area contributed by atoms with Crippen molar-refractivity contribution in [2.75, 3.05) is 5.73 Å². The molecule has 0 unspecified atom stereocenters. The minimum atomic E-state index is 0.478. The zero-order valence-electron chi connectivity index (χ0n) is 10.7. The van der Waals surface area contributed by atoms with E-state index in [-0.39, 0.29) is 0 Å². The lowest BCUT2D eigenvalue weighted by atomic mass is 10.2. The predicted octanol–water partition coefficient (Wildman–Crippen LogP) is 2.49. The van der Waals surface area contributed by atoms with Crippen LogP contribution in [0.2, 0.25) is 0 Å². The molecule has 2 aromatic heterocycles. The fourth-order valence-electron chi connectivity index (χ4n) is 2.03. The Morgan fingerprint density at radius 1 is 1.16 bits per heavy atom. The van der Waals surface area contributed by atoms with Crippen LogP contribution in [0.3, 0.4) is 0 Å². The van der Waals surface area contributed by atoms with Gasteiger partial charge in [-0.25, -0.2) is 9.97 Å². The van der Waals surface area contributed by atoms with Crippen LogP contribution >= 0.6 is 0 Å². The molecule has 0 aliphatic heterocycles. The molecule has 0 aliphatic rings. The molecule has 0 radical (unpaired) electrons. The summed E-state index contributed by atoms with van der Waals surface area (Å²) in [7, 11) is 0. The third-order valence-electron chi connectivity index (χ3n) is 2.94. The molecule has 0 fully saturated rings. The first kappa shape index (κ1) is 11.6. The highest BCUT2D eigenvalue weighted by Crippen LogP contribution is 2.22. The summed E-state index contributed by atoms with van der Waals surface area (Å²) in [5.41, 5.74) is 7.60. The van der Waals surface area contributed by atoms with Crippen molar-refractivity contribution in [2.45, 2.75) is 19.9 Å². The molecule has 3 rings (SSSR count). The van der Waals surface area contributed by atoms with Gasteiger partial charge in [0.2, 0.25) is 0 Å². The van der Waals surface area contributed by atoms with Crippen LogP contribution in [0.15, 0.2) is 36.5 Å². The molecule has 1 aromatic carbocycles. The molecule has 2 N–H and O–H groups in total. The minimum Gasteiger partial charge on any atom is -0.383 e. The Morgan fingerprint density at radius 3 is 2.68 bits per heavy atom. The van der Waals surface area contributed by atoms with Crippen LogP contribution < -0.4 is 5.73 Å². The molecule has 0 aliphatic carbocycles. The number of anilines is 1. The number of fused-ring (bicyclic) bond motifs is 1. The number of aryl methyl sites for hydroxylation is 1. The predicted molar refractivity (Wildman–Crippen MR) is 75.5 cm³/mol. The summed E-state index contributed by atoms with van der Waals surface area (Å²) in [6.07, 6.45) is 2.93. The van der Waals surface area contributed by atoms with Crippen molar-refractivity contribution in [1.29, 1.82) is 0 Å². The Balaban J connectivity index is 2.13. The summed E-state index contributed by atoms with van der Waals surface area (Å²) >= 11 is 0. The second-order valence-corrected chi connectivity index (χ2v) is 4.43. The first-order valence-electron chi connectivity index (χ1n) is 6.34. The second kappa shape index (κ2) is 4.68. The van der Waals surface area contributed by atoms with Crippen LogP contribution in [0.25, 0.3) is 22.4 Å². The van der Waals surface area contributed by atoms with Gasteiger partial charge in [0.15, 0.2) is 11.5 Å². The Bertz CT molecular complexity index is 702. The van der Waals surface area contributed by atoms with Crippen molar-refractivity contribution < 1.29 is 0 Å². The SMILES string of the molecule is CCCn1cc2c(N)nc(-c3ccccc3)nc2n1. The summed E-state index contributed by atoms with van der Waals surface area (Å²) in [6, 6.07) is 9.79.